The van der Waals surface area contributed by atoms with E-state index >= 15 is 0 Å². The molecule has 4 nitrogen and oxygen atoms in total. The van der Waals surface area contributed by atoms with Gasteiger partial charge in [-0.2, -0.15) is 0 Å². The molecule has 15 heavy (non-hydrogen) atoms. The van der Waals surface area contributed by atoms with Crippen LogP contribution in [-0.4, -0.2) is 26.0 Å². The van der Waals surface area contributed by atoms with E-state index in [-0.39, 0.29) is 6.61 Å². The van der Waals surface area contributed by atoms with Gasteiger partial charge in [-0.15, -0.1) is 0 Å². The van der Waals surface area contributed by atoms with Crippen molar-refractivity contribution >= 4 is 12.3 Å². The van der Waals surface area contributed by atoms with Gasteiger partial charge in [0.15, 0.2) is 6.61 Å². The monoisotopic (exact) mass is 212 g/mol. The molecule has 0 aromatic heterocycles. The molecule has 0 saturated heterocycles. The highest BCUT2D eigenvalue weighted by Gasteiger charge is 2.06. The molecule has 0 amide bonds. The van der Waals surface area contributed by atoms with Crippen LogP contribution in [0.5, 0.6) is 0 Å². The molecule has 0 heterocycles. The van der Waals surface area contributed by atoms with Crippen LogP contribution >= 0.6 is 0 Å². The molecule has 0 N–H and O–H groups in total. The van der Waals surface area contributed by atoms with Crippen LogP contribution in [0.1, 0.15) is 20.3 Å². The van der Waals surface area contributed by atoms with Crippen molar-refractivity contribution in [3.05, 3.63) is 23.5 Å². The highest BCUT2D eigenvalue weighted by molar-refractivity contribution is 5.75. The zero-order valence-corrected chi connectivity index (χ0v) is 9.28. The van der Waals surface area contributed by atoms with Crippen molar-refractivity contribution in [1.29, 1.82) is 0 Å². The van der Waals surface area contributed by atoms with Crippen molar-refractivity contribution in [3.63, 3.8) is 0 Å². The summed E-state index contributed by atoms with van der Waals surface area (Å²) in [5.74, 6) is -0.0567. The molecule has 0 rings (SSSR count). The summed E-state index contributed by atoms with van der Waals surface area (Å²) in [6, 6.07) is 0. The van der Waals surface area contributed by atoms with Gasteiger partial charge in [0.2, 0.25) is 0 Å². The van der Waals surface area contributed by atoms with Gasteiger partial charge >= 0.3 is 5.97 Å². The predicted molar refractivity (Wildman–Crippen MR) is 56.2 cm³/mol. The number of esters is 1. The number of carbonyl (C=O) groups is 2. The lowest BCUT2D eigenvalue weighted by molar-refractivity contribution is -0.144. The van der Waals surface area contributed by atoms with Gasteiger partial charge in [0.05, 0.1) is 7.11 Å². The zero-order chi connectivity index (χ0) is 11.7. The molecule has 0 aromatic rings. The van der Waals surface area contributed by atoms with Gasteiger partial charge in [0.25, 0.3) is 0 Å². The Balaban J connectivity index is 4.60. The first-order valence-corrected chi connectivity index (χ1v) is 4.70. The van der Waals surface area contributed by atoms with E-state index in [0.29, 0.717) is 17.8 Å². The maximum absolute atomic E-state index is 10.8. The Bertz CT molecular complexity index is 276. The summed E-state index contributed by atoms with van der Waals surface area (Å²) in [5.41, 5.74) is 0.525. The third-order valence-corrected chi connectivity index (χ3v) is 1.73. The lowest BCUT2D eigenvalue weighted by Gasteiger charge is -2.07. The zero-order valence-electron chi connectivity index (χ0n) is 9.28. The van der Waals surface area contributed by atoms with Crippen molar-refractivity contribution in [2.45, 2.75) is 20.3 Å². The lowest BCUT2D eigenvalue weighted by Crippen LogP contribution is -2.10. The molecule has 0 aliphatic heterocycles. The van der Waals surface area contributed by atoms with E-state index < -0.39 is 5.97 Å². The summed E-state index contributed by atoms with van der Waals surface area (Å²) >= 11 is 0. The Kier molecular flexibility index (Phi) is 6.97. The van der Waals surface area contributed by atoms with Crippen molar-refractivity contribution in [2.75, 3.05) is 13.7 Å². The number of carbonyl (C=O) groups excluding carboxylic acids is 2. The lowest BCUT2D eigenvalue weighted by atomic mass is 10.2. The Morgan fingerprint density at radius 3 is 2.47 bits per heavy atom. The van der Waals surface area contributed by atoms with Crippen LogP contribution in [0.25, 0.3) is 0 Å². The van der Waals surface area contributed by atoms with Gasteiger partial charge in [-0.1, -0.05) is 13.0 Å². The standard InChI is InChI=1S/C11H16O4/c1-4-6-10(9(5-2)7-12)15-8-11(13)14-3/h4,6-7H,5,8H2,1-3H3/b6-4-,10-9-. The van der Waals surface area contributed by atoms with Gasteiger partial charge in [-0.3, -0.25) is 4.79 Å². The molecule has 0 bridgehead atoms. The summed E-state index contributed by atoms with van der Waals surface area (Å²) < 4.78 is 9.59. The molecule has 0 unspecified atom stereocenters. The summed E-state index contributed by atoms with van der Waals surface area (Å²) in [6.45, 7) is 3.46. The number of ether oxygens (including phenoxy) is 2. The van der Waals surface area contributed by atoms with Gasteiger partial charge in [0.1, 0.15) is 12.0 Å². The molecular weight excluding hydrogens is 196 g/mol. The molecular formula is C11H16O4. The molecule has 84 valence electrons. The van der Waals surface area contributed by atoms with E-state index in [1.165, 1.54) is 7.11 Å². The quantitative estimate of drug-likeness (QED) is 0.221. The summed E-state index contributed by atoms with van der Waals surface area (Å²) in [5, 5.41) is 0. The highest BCUT2D eigenvalue weighted by atomic mass is 16.6. The largest absolute Gasteiger partial charge is 0.482 e. The van der Waals surface area contributed by atoms with Gasteiger partial charge in [0, 0.05) is 5.57 Å². The van der Waals surface area contributed by atoms with Crippen LogP contribution in [0.3, 0.4) is 0 Å². The third kappa shape index (κ3) is 5.00. The van der Waals surface area contributed by atoms with E-state index in [4.69, 9.17) is 4.74 Å². The molecule has 0 aliphatic rings. The van der Waals surface area contributed by atoms with Crippen LogP contribution in [0.15, 0.2) is 23.5 Å². The Morgan fingerprint density at radius 1 is 1.40 bits per heavy atom. The van der Waals surface area contributed by atoms with Crippen LogP contribution < -0.4 is 0 Å². The van der Waals surface area contributed by atoms with Gasteiger partial charge in [-0.05, 0) is 19.4 Å². The molecule has 0 saturated carbocycles. The van der Waals surface area contributed by atoms with Gasteiger partial charge in [-0.25, -0.2) is 4.79 Å². The summed E-state index contributed by atoms with van der Waals surface area (Å²) in [7, 11) is 1.28. The fourth-order valence-corrected chi connectivity index (χ4v) is 0.910. The fourth-order valence-electron chi connectivity index (χ4n) is 0.910. The van der Waals surface area contributed by atoms with E-state index in [0.717, 1.165) is 6.29 Å². The van der Waals surface area contributed by atoms with Crippen LogP contribution in [-0.2, 0) is 19.1 Å². The van der Waals surface area contributed by atoms with Crippen LogP contribution in [0, 0.1) is 0 Å². The summed E-state index contributed by atoms with van der Waals surface area (Å²) in [4.78, 5) is 21.5. The van der Waals surface area contributed by atoms with Gasteiger partial charge < -0.3 is 9.47 Å². The number of rotatable bonds is 6. The number of allylic oxidation sites excluding steroid dienone is 3. The first kappa shape index (κ1) is 13.4. The molecule has 0 aliphatic carbocycles. The van der Waals surface area contributed by atoms with E-state index in [9.17, 15) is 9.59 Å². The van der Waals surface area contributed by atoms with Crippen molar-refractivity contribution in [1.82, 2.24) is 0 Å². The average Bonchev–Trinajstić information content (AvgIpc) is 2.26. The molecule has 0 spiro atoms. The maximum atomic E-state index is 10.8. The summed E-state index contributed by atoms with van der Waals surface area (Å²) in [6.07, 6.45) is 4.68. The topological polar surface area (TPSA) is 52.6 Å². The molecule has 0 aromatic carbocycles. The number of methoxy groups -OCH3 is 1. The highest BCUT2D eigenvalue weighted by Crippen LogP contribution is 2.09. The van der Waals surface area contributed by atoms with E-state index in [1.807, 2.05) is 6.92 Å². The number of hydrogen-bond donors (Lipinski definition) is 0. The minimum atomic E-state index is -0.474. The molecule has 0 radical (unpaired) electrons. The van der Waals surface area contributed by atoms with Crippen LogP contribution in [0.4, 0.5) is 0 Å². The minimum absolute atomic E-state index is 0.187. The number of hydrogen-bond acceptors (Lipinski definition) is 4. The Hall–Kier alpha value is -1.58. The minimum Gasteiger partial charge on any atom is -0.482 e. The Labute approximate surface area is 89.6 Å². The predicted octanol–water partition coefficient (Wildman–Crippen LogP) is 1.62. The molecule has 4 heteroatoms. The van der Waals surface area contributed by atoms with Crippen molar-refractivity contribution in [2.24, 2.45) is 0 Å². The second kappa shape index (κ2) is 7.79. The van der Waals surface area contributed by atoms with E-state index in [2.05, 4.69) is 4.74 Å². The second-order valence-electron chi connectivity index (χ2n) is 2.73. The van der Waals surface area contributed by atoms with Crippen molar-refractivity contribution < 1.29 is 19.1 Å². The smallest absolute Gasteiger partial charge is 0.343 e. The maximum Gasteiger partial charge on any atom is 0.343 e. The fraction of sp³-hybridized carbons (Fsp3) is 0.455. The SMILES string of the molecule is C/C=C\C(OCC(=O)OC)=C(\C=O)CC. The average molecular weight is 212 g/mol. The van der Waals surface area contributed by atoms with E-state index in [1.54, 1.807) is 19.1 Å². The number of aldehydes is 1. The first-order chi connectivity index (χ1) is 7.19. The van der Waals surface area contributed by atoms with Crippen molar-refractivity contribution in [3.8, 4) is 0 Å². The molecule has 0 fully saturated rings. The third-order valence-electron chi connectivity index (χ3n) is 1.73. The second-order valence-corrected chi connectivity index (χ2v) is 2.73. The molecule has 0 atom stereocenters. The first-order valence-electron chi connectivity index (χ1n) is 4.70. The Morgan fingerprint density at radius 2 is 2.07 bits per heavy atom. The normalized spacial score (nSPS) is 12.2. The van der Waals surface area contributed by atoms with Crippen LogP contribution in [0.2, 0.25) is 0 Å².